The highest BCUT2D eigenvalue weighted by Crippen LogP contribution is 2.46. The molecule has 0 heterocycles. The summed E-state index contributed by atoms with van der Waals surface area (Å²) in [4.78, 5) is 0. The van der Waals surface area contributed by atoms with Crippen LogP contribution < -0.4 is 0 Å². The summed E-state index contributed by atoms with van der Waals surface area (Å²) in [5.41, 5.74) is 2.97. The molecule has 0 radical (unpaired) electrons. The van der Waals surface area contributed by atoms with Gasteiger partial charge in [0, 0.05) is 5.92 Å². The Morgan fingerprint density at radius 3 is 2.92 bits per heavy atom. The van der Waals surface area contributed by atoms with Crippen molar-refractivity contribution in [2.24, 2.45) is 11.8 Å². The molecule has 1 nitrogen and oxygen atoms in total. The minimum Gasteiger partial charge on any atom is -0.512 e. The zero-order chi connectivity index (χ0) is 9.42. The van der Waals surface area contributed by atoms with Crippen LogP contribution in [0.15, 0.2) is 23.0 Å². The first kappa shape index (κ1) is 8.86. The number of fused-ring (bicyclic) bond motifs is 1. The third-order valence-corrected chi connectivity index (χ3v) is 3.36. The quantitative estimate of drug-likeness (QED) is 0.685. The Balaban J connectivity index is 2.28. The standard InChI is InChI=1S/C12H18O/c1-3-4-9-7-11(13)10-6-5-8(2)12(9)10/h7-8,10,13H,3-6H2,1-2H3. The van der Waals surface area contributed by atoms with Crippen molar-refractivity contribution in [3.8, 4) is 0 Å². The molecule has 1 heteroatoms. The Morgan fingerprint density at radius 1 is 1.46 bits per heavy atom. The molecule has 72 valence electrons. The first-order valence-electron chi connectivity index (χ1n) is 5.37. The van der Waals surface area contributed by atoms with Gasteiger partial charge in [-0.2, -0.15) is 0 Å². The van der Waals surface area contributed by atoms with Crippen molar-refractivity contribution in [2.45, 2.75) is 39.5 Å². The molecular formula is C12H18O. The molecule has 0 aromatic rings. The predicted molar refractivity (Wildman–Crippen MR) is 54.5 cm³/mol. The second-order valence-electron chi connectivity index (χ2n) is 4.33. The van der Waals surface area contributed by atoms with Crippen LogP contribution in [0.5, 0.6) is 0 Å². The minimum absolute atomic E-state index is 0.400. The highest BCUT2D eigenvalue weighted by atomic mass is 16.3. The van der Waals surface area contributed by atoms with Gasteiger partial charge in [-0.1, -0.05) is 25.8 Å². The van der Waals surface area contributed by atoms with Crippen molar-refractivity contribution < 1.29 is 5.11 Å². The second-order valence-corrected chi connectivity index (χ2v) is 4.33. The number of rotatable bonds is 2. The van der Waals surface area contributed by atoms with E-state index in [4.69, 9.17) is 0 Å². The molecule has 0 aliphatic heterocycles. The Morgan fingerprint density at radius 2 is 2.23 bits per heavy atom. The molecule has 2 rings (SSSR count). The topological polar surface area (TPSA) is 20.2 Å². The van der Waals surface area contributed by atoms with Crippen molar-refractivity contribution >= 4 is 0 Å². The molecule has 0 amide bonds. The van der Waals surface area contributed by atoms with Crippen molar-refractivity contribution in [1.29, 1.82) is 0 Å². The van der Waals surface area contributed by atoms with E-state index in [1.165, 1.54) is 18.4 Å². The van der Waals surface area contributed by atoms with Crippen LogP contribution in [-0.4, -0.2) is 5.11 Å². The van der Waals surface area contributed by atoms with Crippen LogP contribution in [0.4, 0.5) is 0 Å². The molecule has 2 unspecified atom stereocenters. The van der Waals surface area contributed by atoms with E-state index in [0.29, 0.717) is 17.6 Å². The molecule has 0 saturated heterocycles. The number of hydrogen-bond donors (Lipinski definition) is 1. The van der Waals surface area contributed by atoms with Gasteiger partial charge in [0.1, 0.15) is 0 Å². The molecular weight excluding hydrogens is 160 g/mol. The summed E-state index contributed by atoms with van der Waals surface area (Å²) in [6.07, 6.45) is 6.75. The van der Waals surface area contributed by atoms with E-state index in [9.17, 15) is 5.11 Å². The second kappa shape index (κ2) is 3.21. The lowest BCUT2D eigenvalue weighted by atomic mass is 9.96. The van der Waals surface area contributed by atoms with Crippen LogP contribution in [0, 0.1) is 11.8 Å². The summed E-state index contributed by atoms with van der Waals surface area (Å²) in [5.74, 6) is 1.73. The van der Waals surface area contributed by atoms with Crippen molar-refractivity contribution in [2.75, 3.05) is 0 Å². The molecule has 0 bridgehead atoms. The molecule has 0 aromatic heterocycles. The van der Waals surface area contributed by atoms with E-state index >= 15 is 0 Å². The van der Waals surface area contributed by atoms with Crippen LogP contribution in [0.2, 0.25) is 0 Å². The Labute approximate surface area is 80.2 Å². The van der Waals surface area contributed by atoms with E-state index in [2.05, 4.69) is 13.8 Å². The van der Waals surface area contributed by atoms with Crippen molar-refractivity contribution in [3.05, 3.63) is 23.0 Å². The van der Waals surface area contributed by atoms with E-state index < -0.39 is 0 Å². The van der Waals surface area contributed by atoms with Crippen LogP contribution in [0.3, 0.4) is 0 Å². The normalized spacial score (nSPS) is 32.3. The van der Waals surface area contributed by atoms with E-state index in [1.54, 1.807) is 5.57 Å². The first-order chi connectivity index (χ1) is 6.24. The molecule has 2 aliphatic rings. The molecule has 1 saturated carbocycles. The van der Waals surface area contributed by atoms with Crippen molar-refractivity contribution in [1.82, 2.24) is 0 Å². The Kier molecular flexibility index (Phi) is 2.19. The monoisotopic (exact) mass is 178 g/mol. The highest BCUT2D eigenvalue weighted by Gasteiger charge is 2.35. The lowest BCUT2D eigenvalue weighted by Crippen LogP contribution is -1.99. The maximum absolute atomic E-state index is 9.73. The molecule has 2 atom stereocenters. The van der Waals surface area contributed by atoms with Gasteiger partial charge in [-0.25, -0.2) is 0 Å². The number of hydrogen-bond acceptors (Lipinski definition) is 1. The van der Waals surface area contributed by atoms with Gasteiger partial charge in [0.15, 0.2) is 0 Å². The SMILES string of the molecule is CCCC1=C2C(C)CCC2C(O)=C1. The summed E-state index contributed by atoms with van der Waals surface area (Å²) in [6.45, 7) is 4.49. The first-order valence-corrected chi connectivity index (χ1v) is 5.37. The lowest BCUT2D eigenvalue weighted by Gasteiger charge is -2.10. The van der Waals surface area contributed by atoms with Gasteiger partial charge in [-0.05, 0) is 36.8 Å². The average molecular weight is 178 g/mol. The van der Waals surface area contributed by atoms with Crippen molar-refractivity contribution in [3.63, 3.8) is 0 Å². The van der Waals surface area contributed by atoms with Crippen LogP contribution >= 0.6 is 0 Å². The largest absolute Gasteiger partial charge is 0.512 e. The van der Waals surface area contributed by atoms with E-state index in [0.717, 1.165) is 12.8 Å². The minimum atomic E-state index is 0.400. The van der Waals surface area contributed by atoms with Crippen LogP contribution in [0.1, 0.15) is 39.5 Å². The molecule has 2 aliphatic carbocycles. The summed E-state index contributed by atoms with van der Waals surface area (Å²) in [6, 6.07) is 0. The van der Waals surface area contributed by atoms with Crippen LogP contribution in [0.25, 0.3) is 0 Å². The Bertz CT molecular complexity index is 273. The van der Waals surface area contributed by atoms with Gasteiger partial charge in [0.05, 0.1) is 5.76 Å². The molecule has 0 spiro atoms. The summed E-state index contributed by atoms with van der Waals surface area (Å²) in [7, 11) is 0. The Hall–Kier alpha value is -0.720. The lowest BCUT2D eigenvalue weighted by molar-refractivity contribution is 0.357. The smallest absolute Gasteiger partial charge is 0.0996 e. The zero-order valence-electron chi connectivity index (χ0n) is 8.51. The van der Waals surface area contributed by atoms with Crippen LogP contribution in [-0.2, 0) is 0 Å². The maximum Gasteiger partial charge on any atom is 0.0996 e. The molecule has 1 fully saturated rings. The summed E-state index contributed by atoms with van der Waals surface area (Å²) < 4.78 is 0. The third kappa shape index (κ3) is 1.31. The third-order valence-electron chi connectivity index (χ3n) is 3.36. The van der Waals surface area contributed by atoms with Gasteiger partial charge in [0.2, 0.25) is 0 Å². The summed E-state index contributed by atoms with van der Waals surface area (Å²) in [5, 5.41) is 9.73. The van der Waals surface area contributed by atoms with Gasteiger partial charge in [0.25, 0.3) is 0 Å². The summed E-state index contributed by atoms with van der Waals surface area (Å²) >= 11 is 0. The molecule has 1 N–H and O–H groups in total. The zero-order valence-corrected chi connectivity index (χ0v) is 8.51. The van der Waals surface area contributed by atoms with Gasteiger partial charge >= 0.3 is 0 Å². The molecule has 13 heavy (non-hydrogen) atoms. The fourth-order valence-corrected chi connectivity index (χ4v) is 2.77. The fourth-order valence-electron chi connectivity index (χ4n) is 2.77. The van der Waals surface area contributed by atoms with Gasteiger partial charge < -0.3 is 5.11 Å². The number of aliphatic hydroxyl groups is 1. The van der Waals surface area contributed by atoms with Gasteiger partial charge in [-0.3, -0.25) is 0 Å². The predicted octanol–water partition coefficient (Wildman–Crippen LogP) is 3.58. The van der Waals surface area contributed by atoms with Gasteiger partial charge in [-0.15, -0.1) is 0 Å². The van der Waals surface area contributed by atoms with E-state index in [1.807, 2.05) is 6.08 Å². The maximum atomic E-state index is 9.73. The van der Waals surface area contributed by atoms with E-state index in [-0.39, 0.29) is 0 Å². The average Bonchev–Trinajstić information content (AvgIpc) is 2.58. The number of allylic oxidation sites excluding steroid dienone is 3. The fraction of sp³-hybridized carbons (Fsp3) is 0.667. The highest BCUT2D eigenvalue weighted by molar-refractivity contribution is 5.42. The molecule has 0 aromatic carbocycles. The number of aliphatic hydroxyl groups excluding tert-OH is 1.